The molecule has 0 bridgehead atoms. The lowest BCUT2D eigenvalue weighted by Gasteiger charge is -2.15. The lowest BCUT2D eigenvalue weighted by molar-refractivity contribution is 0.0712. The van der Waals surface area contributed by atoms with Crippen LogP contribution in [0, 0.1) is 5.82 Å². The van der Waals surface area contributed by atoms with Crippen molar-refractivity contribution in [1.82, 2.24) is 5.32 Å². The molecule has 4 nitrogen and oxygen atoms in total. The molecule has 0 saturated carbocycles. The molecular formula is C14H22FNO3. The van der Waals surface area contributed by atoms with Gasteiger partial charge in [0.2, 0.25) is 0 Å². The number of hydrogen-bond donors (Lipinski definition) is 1. The minimum Gasteiger partial charge on any atom is -0.494 e. The Balaban J connectivity index is 2.33. The fraction of sp³-hybridized carbons (Fsp3) is 0.571. The number of hydrogen-bond acceptors (Lipinski definition) is 4. The molecule has 19 heavy (non-hydrogen) atoms. The summed E-state index contributed by atoms with van der Waals surface area (Å²) in [6.45, 7) is 4.48. The van der Waals surface area contributed by atoms with E-state index in [1.807, 2.05) is 13.0 Å². The van der Waals surface area contributed by atoms with Crippen molar-refractivity contribution in [3.63, 3.8) is 0 Å². The normalized spacial score (nSPS) is 12.4. The van der Waals surface area contributed by atoms with Gasteiger partial charge >= 0.3 is 0 Å². The highest BCUT2D eigenvalue weighted by Gasteiger charge is 2.08. The zero-order valence-electron chi connectivity index (χ0n) is 11.7. The lowest BCUT2D eigenvalue weighted by atomic mass is 10.1. The number of nitrogens with one attached hydrogen (secondary N) is 1. The molecule has 1 aromatic carbocycles. The van der Waals surface area contributed by atoms with Crippen LogP contribution in [-0.2, 0) is 9.47 Å². The average molecular weight is 271 g/mol. The average Bonchev–Trinajstić information content (AvgIpc) is 2.42. The number of ether oxygens (including phenoxy) is 3. The molecule has 1 unspecified atom stereocenters. The van der Waals surface area contributed by atoms with Gasteiger partial charge in [0.25, 0.3) is 0 Å². The summed E-state index contributed by atoms with van der Waals surface area (Å²) in [5.41, 5.74) is 0.884. The molecule has 1 N–H and O–H groups in total. The summed E-state index contributed by atoms with van der Waals surface area (Å²) in [6.07, 6.45) is 0. The number of rotatable bonds is 9. The van der Waals surface area contributed by atoms with Crippen LogP contribution in [-0.4, -0.2) is 40.6 Å². The van der Waals surface area contributed by atoms with Crippen LogP contribution in [0.5, 0.6) is 5.75 Å². The van der Waals surface area contributed by atoms with Crippen LogP contribution in [0.4, 0.5) is 4.39 Å². The molecule has 0 aliphatic heterocycles. The van der Waals surface area contributed by atoms with Crippen molar-refractivity contribution < 1.29 is 18.6 Å². The van der Waals surface area contributed by atoms with Crippen LogP contribution in [0.1, 0.15) is 18.5 Å². The maximum absolute atomic E-state index is 13.5. The molecule has 0 radical (unpaired) electrons. The molecule has 1 rings (SSSR count). The molecule has 5 heteroatoms. The Bertz CT molecular complexity index is 374. The van der Waals surface area contributed by atoms with E-state index in [2.05, 4.69) is 5.32 Å². The van der Waals surface area contributed by atoms with Gasteiger partial charge in [-0.15, -0.1) is 0 Å². The summed E-state index contributed by atoms with van der Waals surface area (Å²) >= 11 is 0. The molecular weight excluding hydrogens is 249 g/mol. The fourth-order valence-electron chi connectivity index (χ4n) is 1.66. The Kier molecular flexibility index (Phi) is 7.40. The number of halogens is 1. The van der Waals surface area contributed by atoms with Crippen LogP contribution >= 0.6 is 0 Å². The monoisotopic (exact) mass is 271 g/mol. The number of methoxy groups -OCH3 is 2. The summed E-state index contributed by atoms with van der Waals surface area (Å²) < 4.78 is 28.6. The topological polar surface area (TPSA) is 39.7 Å². The van der Waals surface area contributed by atoms with Crippen LogP contribution in [0.2, 0.25) is 0 Å². The van der Waals surface area contributed by atoms with Crippen molar-refractivity contribution in [3.8, 4) is 5.75 Å². The molecule has 0 saturated heterocycles. The molecule has 0 spiro atoms. The van der Waals surface area contributed by atoms with Gasteiger partial charge < -0.3 is 19.5 Å². The molecule has 0 fully saturated rings. The molecule has 0 aliphatic rings. The molecule has 1 atom stereocenters. The molecule has 0 heterocycles. The summed E-state index contributed by atoms with van der Waals surface area (Å²) in [4.78, 5) is 0. The predicted molar refractivity (Wildman–Crippen MR) is 72.1 cm³/mol. The Morgan fingerprint density at radius 1 is 1.21 bits per heavy atom. The quantitative estimate of drug-likeness (QED) is 0.699. The van der Waals surface area contributed by atoms with E-state index in [9.17, 15) is 4.39 Å². The summed E-state index contributed by atoms with van der Waals surface area (Å²) in [5, 5.41) is 3.27. The third-order valence-corrected chi connectivity index (χ3v) is 2.80. The Morgan fingerprint density at radius 3 is 2.63 bits per heavy atom. The van der Waals surface area contributed by atoms with Crippen molar-refractivity contribution in [3.05, 3.63) is 29.6 Å². The van der Waals surface area contributed by atoms with Gasteiger partial charge in [0.05, 0.1) is 26.9 Å². The van der Waals surface area contributed by atoms with Crippen molar-refractivity contribution in [2.75, 3.05) is 40.6 Å². The SMILES string of the molecule is COCCOCCNC(C)c1ccc(OC)c(F)c1. The van der Waals surface area contributed by atoms with Crippen molar-refractivity contribution >= 4 is 0 Å². The van der Waals surface area contributed by atoms with E-state index in [0.717, 1.165) is 5.56 Å². The largest absolute Gasteiger partial charge is 0.494 e. The van der Waals surface area contributed by atoms with E-state index in [4.69, 9.17) is 14.2 Å². The molecule has 0 aromatic heterocycles. The second-order valence-corrected chi connectivity index (χ2v) is 4.17. The molecule has 1 aromatic rings. The maximum atomic E-state index is 13.5. The lowest BCUT2D eigenvalue weighted by Crippen LogP contribution is -2.24. The second-order valence-electron chi connectivity index (χ2n) is 4.17. The van der Waals surface area contributed by atoms with Crippen molar-refractivity contribution in [2.24, 2.45) is 0 Å². The first-order valence-electron chi connectivity index (χ1n) is 6.32. The maximum Gasteiger partial charge on any atom is 0.165 e. The van der Waals surface area contributed by atoms with Gasteiger partial charge in [-0.2, -0.15) is 0 Å². The zero-order valence-corrected chi connectivity index (χ0v) is 11.7. The molecule has 0 aliphatic carbocycles. The van der Waals surface area contributed by atoms with Crippen LogP contribution in [0.3, 0.4) is 0 Å². The van der Waals surface area contributed by atoms with E-state index >= 15 is 0 Å². The van der Waals surface area contributed by atoms with Gasteiger partial charge in [-0.05, 0) is 24.6 Å². The molecule has 0 amide bonds. The van der Waals surface area contributed by atoms with Crippen LogP contribution in [0.15, 0.2) is 18.2 Å². The van der Waals surface area contributed by atoms with E-state index in [1.54, 1.807) is 13.2 Å². The Hall–Kier alpha value is -1.17. The third-order valence-electron chi connectivity index (χ3n) is 2.80. The van der Waals surface area contributed by atoms with Gasteiger partial charge in [0.15, 0.2) is 11.6 Å². The summed E-state index contributed by atoms with van der Waals surface area (Å²) in [5.74, 6) is -0.0798. The highest BCUT2D eigenvalue weighted by atomic mass is 19.1. The minimum absolute atomic E-state index is 0.0615. The third kappa shape index (κ3) is 5.55. The highest BCUT2D eigenvalue weighted by Crippen LogP contribution is 2.21. The van der Waals surface area contributed by atoms with E-state index in [1.165, 1.54) is 13.2 Å². The Morgan fingerprint density at radius 2 is 2.00 bits per heavy atom. The smallest absolute Gasteiger partial charge is 0.165 e. The van der Waals surface area contributed by atoms with Gasteiger partial charge in [0, 0.05) is 19.7 Å². The van der Waals surface area contributed by atoms with E-state index in [0.29, 0.717) is 26.4 Å². The second kappa shape index (κ2) is 8.85. The highest BCUT2D eigenvalue weighted by molar-refractivity contribution is 5.30. The van der Waals surface area contributed by atoms with Gasteiger partial charge in [-0.3, -0.25) is 0 Å². The van der Waals surface area contributed by atoms with Gasteiger partial charge in [-0.25, -0.2) is 4.39 Å². The minimum atomic E-state index is -0.343. The van der Waals surface area contributed by atoms with E-state index in [-0.39, 0.29) is 17.6 Å². The summed E-state index contributed by atoms with van der Waals surface area (Å²) in [7, 11) is 3.10. The first-order valence-corrected chi connectivity index (χ1v) is 6.32. The molecule has 108 valence electrons. The van der Waals surface area contributed by atoms with Crippen molar-refractivity contribution in [1.29, 1.82) is 0 Å². The number of benzene rings is 1. The fourth-order valence-corrected chi connectivity index (χ4v) is 1.66. The predicted octanol–water partition coefficient (Wildman–Crippen LogP) is 2.15. The zero-order chi connectivity index (χ0) is 14.1. The first kappa shape index (κ1) is 15.9. The van der Waals surface area contributed by atoms with Crippen LogP contribution in [0.25, 0.3) is 0 Å². The van der Waals surface area contributed by atoms with Gasteiger partial charge in [-0.1, -0.05) is 6.07 Å². The standard InChI is InChI=1S/C14H22FNO3/c1-11(16-6-7-19-9-8-17-2)12-4-5-14(18-3)13(15)10-12/h4-5,10-11,16H,6-9H2,1-3H3. The van der Waals surface area contributed by atoms with Crippen LogP contribution < -0.4 is 10.1 Å². The Labute approximate surface area is 113 Å². The first-order chi connectivity index (χ1) is 9.19. The van der Waals surface area contributed by atoms with Gasteiger partial charge in [0.1, 0.15) is 0 Å². The van der Waals surface area contributed by atoms with Crippen molar-refractivity contribution in [2.45, 2.75) is 13.0 Å². The van der Waals surface area contributed by atoms with E-state index < -0.39 is 0 Å². The summed E-state index contributed by atoms with van der Waals surface area (Å²) in [6, 6.07) is 5.04.